The topological polar surface area (TPSA) is 68.6 Å². The molecule has 0 saturated heterocycles. The van der Waals surface area contributed by atoms with E-state index in [1.54, 1.807) is 30.3 Å². The number of alkyl halides is 3. The number of nitriles is 1. The molecule has 1 aliphatic heterocycles. The average molecular weight is 516 g/mol. The zero-order chi connectivity index (χ0) is 23.8. The van der Waals surface area contributed by atoms with Gasteiger partial charge in [-0.1, -0.05) is 22.0 Å². The molecule has 166 valence electrons. The van der Waals surface area contributed by atoms with Crippen molar-refractivity contribution in [3.63, 3.8) is 0 Å². The van der Waals surface area contributed by atoms with E-state index in [1.807, 2.05) is 0 Å². The average Bonchev–Trinajstić information content (AvgIpc) is 3.08. The lowest BCUT2D eigenvalue weighted by atomic mass is 10.1. The minimum Gasteiger partial charge on any atom is -0.493 e. The lowest BCUT2D eigenvalue weighted by Crippen LogP contribution is -2.08. The van der Waals surface area contributed by atoms with Crippen molar-refractivity contribution in [3.05, 3.63) is 87.1 Å². The molecular formula is C24H13BrF3NO4. The van der Waals surface area contributed by atoms with E-state index in [0.717, 1.165) is 16.6 Å². The Labute approximate surface area is 194 Å². The molecule has 0 saturated carbocycles. The Morgan fingerprint density at radius 2 is 1.79 bits per heavy atom. The van der Waals surface area contributed by atoms with E-state index >= 15 is 0 Å². The van der Waals surface area contributed by atoms with Gasteiger partial charge in [0.1, 0.15) is 11.5 Å². The van der Waals surface area contributed by atoms with E-state index in [1.165, 1.54) is 31.4 Å². The van der Waals surface area contributed by atoms with Crippen LogP contribution in [-0.2, 0) is 6.18 Å². The molecule has 1 aliphatic rings. The highest BCUT2D eigenvalue weighted by Crippen LogP contribution is 2.41. The van der Waals surface area contributed by atoms with Gasteiger partial charge in [0.25, 0.3) is 0 Å². The van der Waals surface area contributed by atoms with Crippen LogP contribution in [0, 0.1) is 11.3 Å². The van der Waals surface area contributed by atoms with Gasteiger partial charge in [-0.15, -0.1) is 0 Å². The number of methoxy groups -OCH3 is 1. The van der Waals surface area contributed by atoms with E-state index in [9.17, 15) is 18.0 Å². The van der Waals surface area contributed by atoms with E-state index in [-0.39, 0.29) is 28.6 Å². The van der Waals surface area contributed by atoms with Crippen molar-refractivity contribution >= 4 is 27.8 Å². The van der Waals surface area contributed by atoms with Gasteiger partial charge in [0.15, 0.2) is 17.3 Å². The van der Waals surface area contributed by atoms with E-state index in [4.69, 9.17) is 19.5 Å². The Morgan fingerprint density at radius 1 is 1.03 bits per heavy atom. The van der Waals surface area contributed by atoms with Gasteiger partial charge in [-0.05, 0) is 60.2 Å². The van der Waals surface area contributed by atoms with Gasteiger partial charge in [0, 0.05) is 4.47 Å². The summed E-state index contributed by atoms with van der Waals surface area (Å²) in [5.74, 6) is -0.0583. The molecule has 33 heavy (non-hydrogen) atoms. The first-order chi connectivity index (χ1) is 15.7. The number of benzene rings is 3. The van der Waals surface area contributed by atoms with Crippen molar-refractivity contribution in [2.45, 2.75) is 6.18 Å². The fourth-order valence-corrected chi connectivity index (χ4v) is 3.54. The molecular weight excluding hydrogens is 503 g/mol. The monoisotopic (exact) mass is 515 g/mol. The number of allylic oxidation sites excluding steroid dienone is 1. The van der Waals surface area contributed by atoms with Gasteiger partial charge in [-0.2, -0.15) is 18.4 Å². The zero-order valence-electron chi connectivity index (χ0n) is 16.9. The highest BCUT2D eigenvalue weighted by atomic mass is 79.9. The molecule has 0 amide bonds. The van der Waals surface area contributed by atoms with Crippen LogP contribution in [0.15, 0.2) is 64.8 Å². The highest BCUT2D eigenvalue weighted by Gasteiger charge is 2.35. The lowest BCUT2D eigenvalue weighted by molar-refractivity contribution is -0.138. The number of hydrogen-bond donors (Lipinski definition) is 0. The summed E-state index contributed by atoms with van der Waals surface area (Å²) in [5, 5.41) is 8.91. The number of carbonyl (C=O) groups excluding carboxylic acids is 1. The maximum Gasteiger partial charge on any atom is 0.420 e. The number of fused-ring (bicyclic) bond motifs is 1. The Kier molecular flexibility index (Phi) is 5.87. The minimum atomic E-state index is -4.72. The molecule has 5 nitrogen and oxygen atoms in total. The number of ether oxygens (including phenoxy) is 3. The van der Waals surface area contributed by atoms with Crippen LogP contribution in [-0.4, -0.2) is 12.9 Å². The molecule has 0 spiro atoms. The summed E-state index contributed by atoms with van der Waals surface area (Å²) >= 11 is 3.32. The van der Waals surface area contributed by atoms with Gasteiger partial charge in [0.2, 0.25) is 5.78 Å². The van der Waals surface area contributed by atoms with Crippen LogP contribution in [0.3, 0.4) is 0 Å². The molecule has 0 N–H and O–H groups in total. The highest BCUT2D eigenvalue weighted by molar-refractivity contribution is 9.10. The summed E-state index contributed by atoms with van der Waals surface area (Å²) in [5.41, 5.74) is -0.274. The van der Waals surface area contributed by atoms with E-state index in [0.29, 0.717) is 16.9 Å². The second kappa shape index (κ2) is 8.64. The standard InChI is InChI=1S/C24H13BrF3NO4/c1-31-21-9-13(10-22-23(30)16-5-4-15(25)11-20(16)33-22)2-7-19(21)32-18-6-3-14(12-29)8-17(18)24(26,27)28/h2-11H,1H3. The number of ketones is 1. The van der Waals surface area contributed by atoms with Gasteiger partial charge >= 0.3 is 6.18 Å². The third-order valence-corrected chi connectivity index (χ3v) is 5.24. The van der Waals surface area contributed by atoms with Crippen molar-refractivity contribution in [1.82, 2.24) is 0 Å². The number of rotatable bonds is 4. The molecule has 9 heteroatoms. The van der Waals surface area contributed by atoms with Crippen molar-refractivity contribution in [1.29, 1.82) is 5.26 Å². The molecule has 1 heterocycles. The third kappa shape index (κ3) is 4.56. The molecule has 0 radical (unpaired) electrons. The van der Waals surface area contributed by atoms with Crippen LogP contribution in [0.2, 0.25) is 0 Å². The largest absolute Gasteiger partial charge is 0.493 e. The molecule has 0 aromatic heterocycles. The van der Waals surface area contributed by atoms with Crippen molar-refractivity contribution < 1.29 is 32.2 Å². The van der Waals surface area contributed by atoms with Crippen molar-refractivity contribution in [3.8, 4) is 29.1 Å². The predicted molar refractivity (Wildman–Crippen MR) is 116 cm³/mol. The van der Waals surface area contributed by atoms with Crippen LogP contribution in [0.1, 0.15) is 27.0 Å². The first kappa shape index (κ1) is 22.4. The molecule has 3 aromatic rings. The first-order valence-corrected chi connectivity index (χ1v) is 10.2. The molecule has 3 aromatic carbocycles. The second-order valence-electron chi connectivity index (χ2n) is 6.91. The molecule has 0 unspecified atom stereocenters. The second-order valence-corrected chi connectivity index (χ2v) is 7.83. The van der Waals surface area contributed by atoms with Crippen LogP contribution >= 0.6 is 15.9 Å². The van der Waals surface area contributed by atoms with Crippen LogP contribution in [0.4, 0.5) is 13.2 Å². The number of nitrogens with zero attached hydrogens (tertiary/aromatic N) is 1. The predicted octanol–water partition coefficient (Wildman–Crippen LogP) is 6.76. The van der Waals surface area contributed by atoms with Gasteiger partial charge < -0.3 is 14.2 Å². The zero-order valence-corrected chi connectivity index (χ0v) is 18.5. The summed E-state index contributed by atoms with van der Waals surface area (Å²) in [6.07, 6.45) is -3.21. The maximum absolute atomic E-state index is 13.4. The summed E-state index contributed by atoms with van der Waals surface area (Å²) in [7, 11) is 1.34. The Bertz CT molecular complexity index is 1340. The van der Waals surface area contributed by atoms with Crippen LogP contribution in [0.5, 0.6) is 23.0 Å². The third-order valence-electron chi connectivity index (χ3n) is 4.75. The fraction of sp³-hybridized carbons (Fsp3) is 0.0833. The van der Waals surface area contributed by atoms with E-state index < -0.39 is 17.5 Å². The van der Waals surface area contributed by atoms with Crippen LogP contribution in [0.25, 0.3) is 6.08 Å². The Morgan fingerprint density at radius 3 is 2.48 bits per heavy atom. The normalized spacial score (nSPS) is 13.9. The molecule has 0 aliphatic carbocycles. The Balaban J connectivity index is 1.65. The Hall–Kier alpha value is -3.77. The van der Waals surface area contributed by atoms with Gasteiger partial charge in [0.05, 0.1) is 29.9 Å². The molecule has 0 fully saturated rings. The first-order valence-electron chi connectivity index (χ1n) is 9.40. The molecule has 0 atom stereocenters. The van der Waals surface area contributed by atoms with E-state index in [2.05, 4.69) is 15.9 Å². The smallest absolute Gasteiger partial charge is 0.420 e. The number of halogens is 4. The SMILES string of the molecule is COc1cc(C=C2Oc3cc(Br)ccc3C2=O)ccc1Oc1ccc(C#N)cc1C(F)(F)F. The fourth-order valence-electron chi connectivity index (χ4n) is 3.20. The molecule has 0 bridgehead atoms. The van der Waals surface area contributed by atoms with Crippen molar-refractivity contribution in [2.24, 2.45) is 0 Å². The summed E-state index contributed by atoms with van der Waals surface area (Å²) in [6, 6.07) is 14.3. The van der Waals surface area contributed by atoms with Crippen LogP contribution < -0.4 is 14.2 Å². The summed E-state index contributed by atoms with van der Waals surface area (Å²) in [6.45, 7) is 0. The number of Topliss-reactive ketones (excluding diaryl/α,β-unsaturated/α-hetero) is 1. The summed E-state index contributed by atoms with van der Waals surface area (Å²) < 4.78 is 57.5. The minimum absolute atomic E-state index is 0.0285. The van der Waals surface area contributed by atoms with Gasteiger partial charge in [-0.3, -0.25) is 4.79 Å². The number of carbonyl (C=O) groups is 1. The lowest BCUT2D eigenvalue weighted by Gasteiger charge is -2.16. The van der Waals surface area contributed by atoms with Gasteiger partial charge in [-0.25, -0.2) is 0 Å². The van der Waals surface area contributed by atoms with Crippen molar-refractivity contribution in [2.75, 3.05) is 7.11 Å². The maximum atomic E-state index is 13.4. The molecule has 4 rings (SSSR count). The number of hydrogen-bond acceptors (Lipinski definition) is 5. The summed E-state index contributed by atoms with van der Waals surface area (Å²) in [4.78, 5) is 12.6. The quantitative estimate of drug-likeness (QED) is 0.359.